The standard InChI is InChI=1S/C26H44O3/c1-17(7-5-8-18(2)27)22-12-13-23-21(9-6-14-26(22,23)4)11-10-20-15-24(28)19(3)25(29)16-20/h10-11,17-19,22-25,27-29H,5-9,12-16H2,1-4H3/t17-,18-,19?,22-,23+,24-,25-,26-/m1/s1. The van der Waals surface area contributed by atoms with Gasteiger partial charge in [0.1, 0.15) is 0 Å². The monoisotopic (exact) mass is 404 g/mol. The first-order chi connectivity index (χ1) is 13.7. The number of rotatable bonds is 6. The van der Waals surface area contributed by atoms with E-state index < -0.39 is 12.2 Å². The van der Waals surface area contributed by atoms with Crippen molar-refractivity contribution in [2.75, 3.05) is 0 Å². The summed E-state index contributed by atoms with van der Waals surface area (Å²) < 4.78 is 0. The summed E-state index contributed by atoms with van der Waals surface area (Å²) in [6.07, 6.45) is 14.7. The van der Waals surface area contributed by atoms with Crippen molar-refractivity contribution in [2.24, 2.45) is 29.1 Å². The van der Waals surface area contributed by atoms with Crippen molar-refractivity contribution in [2.45, 2.75) is 110 Å². The number of hydrogen-bond acceptors (Lipinski definition) is 3. The van der Waals surface area contributed by atoms with Crippen molar-refractivity contribution >= 4 is 0 Å². The molecule has 0 spiro atoms. The Kier molecular flexibility index (Phi) is 7.67. The molecule has 0 aromatic carbocycles. The van der Waals surface area contributed by atoms with E-state index in [1.165, 1.54) is 44.1 Å². The summed E-state index contributed by atoms with van der Waals surface area (Å²) in [5.41, 5.74) is 3.21. The second kappa shape index (κ2) is 9.66. The summed E-state index contributed by atoms with van der Waals surface area (Å²) in [4.78, 5) is 0. The third-order valence-electron chi connectivity index (χ3n) is 8.70. The smallest absolute Gasteiger partial charge is 0.0627 e. The highest BCUT2D eigenvalue weighted by molar-refractivity contribution is 5.26. The lowest BCUT2D eigenvalue weighted by atomic mass is 9.60. The van der Waals surface area contributed by atoms with Gasteiger partial charge in [-0.15, -0.1) is 0 Å². The largest absolute Gasteiger partial charge is 0.393 e. The molecule has 0 radical (unpaired) electrons. The van der Waals surface area contributed by atoms with Crippen molar-refractivity contribution in [1.82, 2.24) is 0 Å². The molecule has 0 aliphatic heterocycles. The van der Waals surface area contributed by atoms with Gasteiger partial charge in [-0.25, -0.2) is 0 Å². The van der Waals surface area contributed by atoms with Gasteiger partial charge in [0, 0.05) is 5.92 Å². The fraction of sp³-hybridized carbons (Fsp3) is 0.846. The van der Waals surface area contributed by atoms with Gasteiger partial charge in [-0.1, -0.05) is 56.9 Å². The maximum Gasteiger partial charge on any atom is 0.0627 e. The Hall–Kier alpha value is -0.640. The summed E-state index contributed by atoms with van der Waals surface area (Å²) in [5.74, 6) is 2.18. The summed E-state index contributed by atoms with van der Waals surface area (Å²) in [5, 5.41) is 30.0. The summed E-state index contributed by atoms with van der Waals surface area (Å²) in [6, 6.07) is 0. The van der Waals surface area contributed by atoms with Crippen molar-refractivity contribution in [3.8, 4) is 0 Å². The highest BCUT2D eigenvalue weighted by Crippen LogP contribution is 2.59. The normalized spacial score (nSPS) is 41.3. The number of allylic oxidation sites excluding steroid dienone is 3. The molecule has 0 amide bonds. The van der Waals surface area contributed by atoms with Gasteiger partial charge in [0.05, 0.1) is 18.3 Å². The summed E-state index contributed by atoms with van der Waals surface area (Å²) in [7, 11) is 0. The zero-order valence-electron chi connectivity index (χ0n) is 19.1. The molecule has 3 N–H and O–H groups in total. The van der Waals surface area contributed by atoms with E-state index in [9.17, 15) is 15.3 Å². The first-order valence-corrected chi connectivity index (χ1v) is 12.1. The lowest BCUT2D eigenvalue weighted by Gasteiger charge is -2.44. The maximum absolute atomic E-state index is 10.2. The molecule has 29 heavy (non-hydrogen) atoms. The van der Waals surface area contributed by atoms with Gasteiger partial charge in [-0.05, 0) is 81.5 Å². The van der Waals surface area contributed by atoms with E-state index in [4.69, 9.17) is 0 Å². The number of hydrogen-bond donors (Lipinski definition) is 3. The minimum atomic E-state index is -0.418. The number of aliphatic hydroxyl groups excluding tert-OH is 3. The molecular weight excluding hydrogens is 360 g/mol. The van der Waals surface area contributed by atoms with E-state index >= 15 is 0 Å². The molecule has 0 bridgehead atoms. The van der Waals surface area contributed by atoms with E-state index in [0.29, 0.717) is 24.2 Å². The fourth-order valence-electron chi connectivity index (χ4n) is 6.76. The van der Waals surface area contributed by atoms with Crippen LogP contribution in [0.5, 0.6) is 0 Å². The van der Waals surface area contributed by atoms with Crippen LogP contribution in [0.25, 0.3) is 0 Å². The van der Waals surface area contributed by atoms with Gasteiger partial charge in [0.25, 0.3) is 0 Å². The van der Waals surface area contributed by atoms with Crippen molar-refractivity contribution in [3.05, 3.63) is 23.3 Å². The molecular formula is C26H44O3. The molecule has 0 heterocycles. The minimum Gasteiger partial charge on any atom is -0.393 e. The van der Waals surface area contributed by atoms with Gasteiger partial charge in [0.2, 0.25) is 0 Å². The second-order valence-electron chi connectivity index (χ2n) is 10.8. The van der Waals surface area contributed by atoms with Crippen LogP contribution < -0.4 is 0 Å². The van der Waals surface area contributed by atoms with E-state index in [-0.39, 0.29) is 12.0 Å². The van der Waals surface area contributed by atoms with Gasteiger partial charge < -0.3 is 15.3 Å². The van der Waals surface area contributed by atoms with Crippen LogP contribution in [0.15, 0.2) is 23.3 Å². The topological polar surface area (TPSA) is 60.7 Å². The number of fused-ring (bicyclic) bond motifs is 1. The van der Waals surface area contributed by atoms with Gasteiger partial charge in [0.15, 0.2) is 0 Å². The van der Waals surface area contributed by atoms with Gasteiger partial charge in [-0.3, -0.25) is 0 Å². The highest BCUT2D eigenvalue weighted by Gasteiger charge is 2.50. The van der Waals surface area contributed by atoms with E-state index in [0.717, 1.165) is 24.7 Å². The van der Waals surface area contributed by atoms with Crippen molar-refractivity contribution < 1.29 is 15.3 Å². The molecule has 3 heteroatoms. The molecule has 7 atom stereocenters. The van der Waals surface area contributed by atoms with Crippen LogP contribution in [-0.2, 0) is 0 Å². The Morgan fingerprint density at radius 1 is 1.07 bits per heavy atom. The van der Waals surface area contributed by atoms with Crippen LogP contribution in [0.3, 0.4) is 0 Å². The SMILES string of the molecule is CC1[C@H](O)CC(=CC=C2CCC[C@]3(C)[C@@H]([C@H](C)CCC[C@@H](C)O)CC[C@@H]23)C[C@H]1O. The predicted octanol–water partition coefficient (Wildman–Crippen LogP) is 5.39. The molecule has 0 aromatic rings. The lowest BCUT2D eigenvalue weighted by Crippen LogP contribution is -2.36. The molecule has 3 saturated carbocycles. The molecule has 3 nitrogen and oxygen atoms in total. The molecule has 0 aromatic heterocycles. The number of aliphatic hydroxyl groups is 3. The Bertz CT molecular complexity index is 593. The molecule has 0 saturated heterocycles. The van der Waals surface area contributed by atoms with E-state index in [1.54, 1.807) is 5.57 Å². The van der Waals surface area contributed by atoms with Crippen LogP contribution in [0.4, 0.5) is 0 Å². The molecule has 3 aliphatic carbocycles. The Morgan fingerprint density at radius 2 is 1.76 bits per heavy atom. The molecule has 3 aliphatic rings. The van der Waals surface area contributed by atoms with Crippen LogP contribution >= 0.6 is 0 Å². The second-order valence-corrected chi connectivity index (χ2v) is 10.8. The fourth-order valence-corrected chi connectivity index (χ4v) is 6.76. The van der Waals surface area contributed by atoms with Gasteiger partial charge in [-0.2, -0.15) is 0 Å². The lowest BCUT2D eigenvalue weighted by molar-refractivity contribution is 0.00406. The third-order valence-corrected chi connectivity index (χ3v) is 8.70. The molecule has 0 unspecified atom stereocenters. The minimum absolute atomic E-state index is 0.0244. The molecule has 3 fully saturated rings. The highest BCUT2D eigenvalue weighted by atomic mass is 16.3. The van der Waals surface area contributed by atoms with Crippen LogP contribution in [0, 0.1) is 29.1 Å². The third kappa shape index (κ3) is 5.17. The average molecular weight is 405 g/mol. The summed E-state index contributed by atoms with van der Waals surface area (Å²) >= 11 is 0. The van der Waals surface area contributed by atoms with Crippen LogP contribution in [0.2, 0.25) is 0 Å². The average Bonchev–Trinajstić information content (AvgIpc) is 3.01. The first kappa shape index (κ1) is 23.0. The predicted molar refractivity (Wildman–Crippen MR) is 119 cm³/mol. The van der Waals surface area contributed by atoms with Crippen LogP contribution in [-0.4, -0.2) is 33.6 Å². The van der Waals surface area contributed by atoms with E-state index in [2.05, 4.69) is 26.0 Å². The molecule has 166 valence electrons. The zero-order valence-corrected chi connectivity index (χ0v) is 19.1. The Morgan fingerprint density at radius 3 is 2.41 bits per heavy atom. The van der Waals surface area contributed by atoms with Crippen LogP contribution in [0.1, 0.15) is 91.9 Å². The Balaban J connectivity index is 1.68. The Labute approximate surface area is 178 Å². The van der Waals surface area contributed by atoms with E-state index in [1.807, 2.05) is 13.8 Å². The van der Waals surface area contributed by atoms with Crippen molar-refractivity contribution in [3.63, 3.8) is 0 Å². The quantitative estimate of drug-likeness (QED) is 0.556. The van der Waals surface area contributed by atoms with Crippen molar-refractivity contribution in [1.29, 1.82) is 0 Å². The summed E-state index contributed by atoms with van der Waals surface area (Å²) in [6.45, 7) is 8.82. The maximum atomic E-state index is 10.2. The first-order valence-electron chi connectivity index (χ1n) is 12.1. The molecule has 3 rings (SSSR count). The van der Waals surface area contributed by atoms with Gasteiger partial charge >= 0.3 is 0 Å². The zero-order chi connectivity index (χ0) is 21.2.